The van der Waals surface area contributed by atoms with Crippen LogP contribution in [0.15, 0.2) is 17.1 Å². The van der Waals surface area contributed by atoms with Crippen molar-refractivity contribution in [2.45, 2.75) is 33.2 Å². The number of aryl methyl sites for hydroxylation is 1. The first-order valence-electron chi connectivity index (χ1n) is 6.68. The molecule has 1 heterocycles. The summed E-state index contributed by atoms with van der Waals surface area (Å²) in [5.41, 5.74) is 0.853. The number of anilines is 1. The Bertz CT molecular complexity index is 402. The Morgan fingerprint density at radius 3 is 2.78 bits per heavy atom. The highest BCUT2D eigenvalue weighted by Crippen LogP contribution is 2.05. The molecule has 0 atom stereocenters. The van der Waals surface area contributed by atoms with Crippen LogP contribution in [0.2, 0.25) is 0 Å². The minimum Gasteiger partial charge on any atom is -0.373 e. The molecule has 0 saturated carbocycles. The topological polar surface area (TPSA) is 50.2 Å². The van der Waals surface area contributed by atoms with Gasteiger partial charge in [0, 0.05) is 26.2 Å². The second-order valence-electron chi connectivity index (χ2n) is 4.39. The van der Waals surface area contributed by atoms with Crippen molar-refractivity contribution in [3.05, 3.63) is 22.6 Å². The molecule has 0 spiro atoms. The molecule has 0 aliphatic carbocycles. The second-order valence-corrected chi connectivity index (χ2v) is 4.39. The zero-order valence-corrected chi connectivity index (χ0v) is 11.6. The lowest BCUT2D eigenvalue weighted by Gasteiger charge is -2.16. The van der Waals surface area contributed by atoms with E-state index in [1.54, 1.807) is 12.3 Å². The molecule has 0 saturated heterocycles. The van der Waals surface area contributed by atoms with Crippen LogP contribution in [0, 0.1) is 0 Å². The first-order valence-corrected chi connectivity index (χ1v) is 6.68. The smallest absolute Gasteiger partial charge is 0.268 e. The lowest BCUT2D eigenvalue weighted by atomic mass is 10.4. The summed E-state index contributed by atoms with van der Waals surface area (Å²) in [4.78, 5) is 13.8. The van der Waals surface area contributed by atoms with Crippen molar-refractivity contribution < 1.29 is 0 Å². The van der Waals surface area contributed by atoms with E-state index in [0.29, 0.717) is 6.54 Å². The largest absolute Gasteiger partial charge is 0.373 e. The van der Waals surface area contributed by atoms with Gasteiger partial charge in [0.2, 0.25) is 0 Å². The molecule has 102 valence electrons. The van der Waals surface area contributed by atoms with E-state index in [1.165, 1.54) is 4.68 Å². The average Bonchev–Trinajstić information content (AvgIpc) is 2.39. The van der Waals surface area contributed by atoms with E-state index in [1.807, 2.05) is 18.9 Å². The number of rotatable bonds is 8. The summed E-state index contributed by atoms with van der Waals surface area (Å²) < 4.78 is 1.53. The van der Waals surface area contributed by atoms with Crippen LogP contribution in [0.4, 0.5) is 5.69 Å². The van der Waals surface area contributed by atoms with Gasteiger partial charge in [0.1, 0.15) is 0 Å². The summed E-state index contributed by atoms with van der Waals surface area (Å²) in [5.74, 6) is 0. The Kier molecular flexibility index (Phi) is 6.43. The molecule has 0 aliphatic rings. The molecule has 0 aliphatic heterocycles. The number of nitrogens with one attached hydrogen (secondary N) is 1. The van der Waals surface area contributed by atoms with Gasteiger partial charge in [-0.1, -0.05) is 6.92 Å². The van der Waals surface area contributed by atoms with Crippen LogP contribution < -0.4 is 15.8 Å². The van der Waals surface area contributed by atoms with E-state index in [0.717, 1.165) is 38.2 Å². The Morgan fingerprint density at radius 1 is 1.39 bits per heavy atom. The first kappa shape index (κ1) is 14.7. The standard InChI is InChI=1S/C13H24N4O/c1-4-7-14-8-6-9-17-13(18)10-12(11-15-17)16(3)5-2/h10-11,14H,4-9H2,1-3H3. The van der Waals surface area contributed by atoms with E-state index < -0.39 is 0 Å². The van der Waals surface area contributed by atoms with E-state index in [9.17, 15) is 4.79 Å². The van der Waals surface area contributed by atoms with Gasteiger partial charge in [0.25, 0.3) is 5.56 Å². The lowest BCUT2D eigenvalue weighted by Crippen LogP contribution is -2.27. The Labute approximate surface area is 109 Å². The normalized spacial score (nSPS) is 10.6. The molecule has 0 unspecified atom stereocenters. The van der Waals surface area contributed by atoms with Crippen LogP contribution in [0.3, 0.4) is 0 Å². The number of hydrogen-bond donors (Lipinski definition) is 1. The van der Waals surface area contributed by atoms with Crippen molar-refractivity contribution in [3.63, 3.8) is 0 Å². The van der Waals surface area contributed by atoms with Gasteiger partial charge in [0.15, 0.2) is 0 Å². The maximum absolute atomic E-state index is 11.8. The maximum atomic E-state index is 11.8. The molecule has 1 aromatic heterocycles. The fourth-order valence-corrected chi connectivity index (χ4v) is 1.64. The van der Waals surface area contributed by atoms with Gasteiger partial charge in [-0.25, -0.2) is 4.68 Å². The third-order valence-electron chi connectivity index (χ3n) is 2.92. The van der Waals surface area contributed by atoms with Crippen molar-refractivity contribution in [2.75, 3.05) is 31.6 Å². The number of hydrogen-bond acceptors (Lipinski definition) is 4. The van der Waals surface area contributed by atoms with Gasteiger partial charge in [-0.05, 0) is 32.9 Å². The summed E-state index contributed by atoms with van der Waals surface area (Å²) >= 11 is 0. The minimum absolute atomic E-state index is 0.0247. The second kappa shape index (κ2) is 7.87. The Balaban J connectivity index is 2.50. The van der Waals surface area contributed by atoms with Crippen LogP contribution in [-0.4, -0.2) is 36.5 Å². The molecule has 1 aromatic rings. The van der Waals surface area contributed by atoms with Gasteiger partial charge in [-0.2, -0.15) is 5.10 Å². The third-order valence-corrected chi connectivity index (χ3v) is 2.92. The maximum Gasteiger partial charge on any atom is 0.268 e. The summed E-state index contributed by atoms with van der Waals surface area (Å²) in [6.07, 6.45) is 3.82. The molecule has 0 radical (unpaired) electrons. The molecule has 0 aromatic carbocycles. The summed E-state index contributed by atoms with van der Waals surface area (Å²) in [6, 6.07) is 1.65. The van der Waals surface area contributed by atoms with E-state index >= 15 is 0 Å². The fraction of sp³-hybridized carbons (Fsp3) is 0.692. The highest BCUT2D eigenvalue weighted by atomic mass is 16.1. The molecular weight excluding hydrogens is 228 g/mol. The SMILES string of the molecule is CCCNCCCn1ncc(N(C)CC)cc1=O. The summed E-state index contributed by atoms with van der Waals surface area (Å²) in [7, 11) is 1.95. The minimum atomic E-state index is -0.0247. The lowest BCUT2D eigenvalue weighted by molar-refractivity contribution is 0.521. The third kappa shape index (κ3) is 4.49. The molecule has 0 fully saturated rings. The van der Waals surface area contributed by atoms with Crippen LogP contribution in [0.1, 0.15) is 26.7 Å². The Morgan fingerprint density at radius 2 is 2.17 bits per heavy atom. The highest BCUT2D eigenvalue weighted by molar-refractivity contribution is 5.41. The quantitative estimate of drug-likeness (QED) is 0.704. The zero-order valence-electron chi connectivity index (χ0n) is 11.6. The van der Waals surface area contributed by atoms with Crippen molar-refractivity contribution in [2.24, 2.45) is 0 Å². The van der Waals surface area contributed by atoms with Crippen molar-refractivity contribution in [1.82, 2.24) is 15.1 Å². The molecule has 0 amide bonds. The highest BCUT2D eigenvalue weighted by Gasteiger charge is 2.02. The molecule has 1 rings (SSSR count). The summed E-state index contributed by atoms with van der Waals surface area (Å²) in [5, 5.41) is 7.51. The predicted octanol–water partition coefficient (Wildman–Crippen LogP) is 1.09. The Hall–Kier alpha value is -1.36. The molecule has 18 heavy (non-hydrogen) atoms. The van der Waals surface area contributed by atoms with E-state index in [-0.39, 0.29) is 5.56 Å². The van der Waals surface area contributed by atoms with Gasteiger partial charge in [-0.3, -0.25) is 4.79 Å². The molecule has 0 bridgehead atoms. The molecule has 5 heteroatoms. The average molecular weight is 252 g/mol. The predicted molar refractivity (Wildman–Crippen MR) is 75.2 cm³/mol. The fourth-order valence-electron chi connectivity index (χ4n) is 1.64. The van der Waals surface area contributed by atoms with Gasteiger partial charge in [0.05, 0.1) is 11.9 Å². The van der Waals surface area contributed by atoms with Gasteiger partial charge >= 0.3 is 0 Å². The van der Waals surface area contributed by atoms with E-state index in [2.05, 4.69) is 17.3 Å². The van der Waals surface area contributed by atoms with Gasteiger partial charge < -0.3 is 10.2 Å². The number of nitrogens with zero attached hydrogens (tertiary/aromatic N) is 3. The summed E-state index contributed by atoms with van der Waals surface area (Å²) in [6.45, 7) is 7.69. The van der Waals surface area contributed by atoms with Crippen molar-refractivity contribution >= 4 is 5.69 Å². The van der Waals surface area contributed by atoms with Crippen LogP contribution in [0.5, 0.6) is 0 Å². The van der Waals surface area contributed by atoms with Crippen LogP contribution in [-0.2, 0) is 6.54 Å². The van der Waals surface area contributed by atoms with Crippen LogP contribution in [0.25, 0.3) is 0 Å². The van der Waals surface area contributed by atoms with Crippen molar-refractivity contribution in [1.29, 1.82) is 0 Å². The van der Waals surface area contributed by atoms with Crippen LogP contribution >= 0.6 is 0 Å². The van der Waals surface area contributed by atoms with Crippen molar-refractivity contribution in [3.8, 4) is 0 Å². The number of aromatic nitrogens is 2. The monoisotopic (exact) mass is 252 g/mol. The molecule has 1 N–H and O–H groups in total. The first-order chi connectivity index (χ1) is 8.69. The molecular formula is C13H24N4O. The molecule has 5 nitrogen and oxygen atoms in total. The van der Waals surface area contributed by atoms with Gasteiger partial charge in [-0.15, -0.1) is 0 Å². The van der Waals surface area contributed by atoms with E-state index in [4.69, 9.17) is 0 Å². The zero-order chi connectivity index (χ0) is 13.4.